The molecule has 0 N–H and O–H groups in total. The summed E-state index contributed by atoms with van der Waals surface area (Å²) >= 11 is 0. The number of benzene rings is 1. The number of halogens is 6. The normalized spacial score (nSPS) is 28.7. The van der Waals surface area contributed by atoms with E-state index in [2.05, 4.69) is 0 Å². The molecule has 1 aromatic rings. The predicted octanol–water partition coefficient (Wildman–Crippen LogP) is 6.41. The fourth-order valence-corrected chi connectivity index (χ4v) is 4.34. The first-order valence-electron chi connectivity index (χ1n) is 7.95. The second-order valence-electron chi connectivity index (χ2n) is 6.73. The molecule has 2 unspecified atom stereocenters. The zero-order chi connectivity index (χ0) is 16.8. The highest BCUT2D eigenvalue weighted by Crippen LogP contribution is 2.51. The average molecular weight is 336 g/mol. The summed E-state index contributed by atoms with van der Waals surface area (Å²) in [5.41, 5.74) is -2.18. The van der Waals surface area contributed by atoms with E-state index in [1.165, 1.54) is 0 Å². The Morgan fingerprint density at radius 1 is 0.696 bits per heavy atom. The lowest BCUT2D eigenvalue weighted by Crippen LogP contribution is -2.19. The van der Waals surface area contributed by atoms with Crippen molar-refractivity contribution in [2.24, 2.45) is 11.8 Å². The van der Waals surface area contributed by atoms with Crippen LogP contribution in [-0.4, -0.2) is 0 Å². The first kappa shape index (κ1) is 16.7. The van der Waals surface area contributed by atoms with Crippen LogP contribution in [0.25, 0.3) is 0 Å². The van der Waals surface area contributed by atoms with Crippen LogP contribution in [0.5, 0.6) is 0 Å². The van der Waals surface area contributed by atoms with Crippen molar-refractivity contribution in [1.82, 2.24) is 0 Å². The summed E-state index contributed by atoms with van der Waals surface area (Å²) in [5, 5.41) is 0. The van der Waals surface area contributed by atoms with E-state index in [0.717, 1.165) is 44.2 Å². The maximum atomic E-state index is 13.0. The summed E-state index contributed by atoms with van der Waals surface area (Å²) in [6.45, 7) is 0. The minimum Gasteiger partial charge on any atom is -0.166 e. The van der Waals surface area contributed by atoms with E-state index in [-0.39, 0.29) is 23.5 Å². The summed E-state index contributed by atoms with van der Waals surface area (Å²) in [6.07, 6.45) is -3.84. The van der Waals surface area contributed by atoms with Crippen LogP contribution in [-0.2, 0) is 12.4 Å². The fraction of sp³-hybridized carbons (Fsp3) is 0.647. The van der Waals surface area contributed by atoms with Gasteiger partial charge in [-0.05, 0) is 60.8 Å². The maximum Gasteiger partial charge on any atom is 0.416 e. The van der Waals surface area contributed by atoms with Crippen LogP contribution >= 0.6 is 0 Å². The molecule has 23 heavy (non-hydrogen) atoms. The molecule has 128 valence electrons. The Balaban J connectivity index is 2.01. The molecule has 2 aliphatic rings. The average Bonchev–Trinajstić information content (AvgIpc) is 2.89. The van der Waals surface area contributed by atoms with Gasteiger partial charge in [0.1, 0.15) is 0 Å². The van der Waals surface area contributed by atoms with E-state index in [1.807, 2.05) is 0 Å². The minimum absolute atomic E-state index is 0.177. The van der Waals surface area contributed by atoms with Crippen LogP contribution in [0.15, 0.2) is 18.2 Å². The molecule has 0 spiro atoms. The molecule has 3 rings (SSSR count). The highest BCUT2D eigenvalue weighted by atomic mass is 19.4. The van der Waals surface area contributed by atoms with E-state index in [4.69, 9.17) is 0 Å². The zero-order valence-electron chi connectivity index (χ0n) is 12.5. The van der Waals surface area contributed by atoms with E-state index in [1.54, 1.807) is 0 Å². The Morgan fingerprint density at radius 3 is 1.83 bits per heavy atom. The SMILES string of the molecule is FC(F)(F)c1cc(C2CC[C@H]3CCCCC23)cc(C(F)(F)F)c1. The number of rotatable bonds is 1. The monoisotopic (exact) mass is 336 g/mol. The summed E-state index contributed by atoms with van der Waals surface area (Å²) in [7, 11) is 0. The molecule has 6 heteroatoms. The molecule has 3 atom stereocenters. The van der Waals surface area contributed by atoms with Crippen LogP contribution in [0.3, 0.4) is 0 Å². The van der Waals surface area contributed by atoms with Gasteiger partial charge in [0.25, 0.3) is 0 Å². The van der Waals surface area contributed by atoms with E-state index in [0.29, 0.717) is 12.3 Å². The molecule has 0 nitrogen and oxygen atoms in total. The summed E-state index contributed by atoms with van der Waals surface area (Å²) in [4.78, 5) is 0. The summed E-state index contributed by atoms with van der Waals surface area (Å²) in [6, 6.07) is 2.07. The smallest absolute Gasteiger partial charge is 0.166 e. The molecule has 0 aromatic heterocycles. The molecule has 0 saturated heterocycles. The largest absolute Gasteiger partial charge is 0.416 e. The topological polar surface area (TPSA) is 0 Å². The van der Waals surface area contributed by atoms with Gasteiger partial charge in [-0.2, -0.15) is 26.3 Å². The van der Waals surface area contributed by atoms with Gasteiger partial charge in [0.2, 0.25) is 0 Å². The van der Waals surface area contributed by atoms with Gasteiger partial charge in [-0.15, -0.1) is 0 Å². The Morgan fingerprint density at radius 2 is 1.26 bits per heavy atom. The van der Waals surface area contributed by atoms with Gasteiger partial charge >= 0.3 is 12.4 Å². The fourth-order valence-electron chi connectivity index (χ4n) is 4.34. The first-order chi connectivity index (χ1) is 10.7. The van der Waals surface area contributed by atoms with Gasteiger partial charge in [0.15, 0.2) is 0 Å². The van der Waals surface area contributed by atoms with Gasteiger partial charge < -0.3 is 0 Å². The van der Waals surface area contributed by atoms with Crippen molar-refractivity contribution >= 4 is 0 Å². The maximum absolute atomic E-state index is 13.0. The van der Waals surface area contributed by atoms with Gasteiger partial charge in [-0.3, -0.25) is 0 Å². The second-order valence-corrected chi connectivity index (χ2v) is 6.73. The quantitative estimate of drug-likeness (QED) is 0.520. The molecule has 0 bridgehead atoms. The number of hydrogen-bond donors (Lipinski definition) is 0. The Bertz CT molecular complexity index is 539. The highest BCUT2D eigenvalue weighted by molar-refractivity contribution is 5.36. The Kier molecular flexibility index (Phi) is 4.13. The molecule has 0 heterocycles. The Labute approximate surface area is 130 Å². The lowest BCUT2D eigenvalue weighted by Gasteiger charge is -2.30. The summed E-state index contributed by atoms with van der Waals surface area (Å²) in [5.74, 6) is 0.509. The molecule has 2 saturated carbocycles. The van der Waals surface area contributed by atoms with Crippen LogP contribution in [0.2, 0.25) is 0 Å². The Hall–Kier alpha value is -1.20. The van der Waals surface area contributed by atoms with E-state index < -0.39 is 23.5 Å². The zero-order valence-corrected chi connectivity index (χ0v) is 12.5. The third-order valence-electron chi connectivity index (χ3n) is 5.37. The molecular formula is C17H18F6. The molecular weight excluding hydrogens is 318 g/mol. The molecule has 0 amide bonds. The lowest BCUT2D eigenvalue weighted by atomic mass is 9.75. The van der Waals surface area contributed by atoms with Crippen molar-refractivity contribution in [3.8, 4) is 0 Å². The van der Waals surface area contributed by atoms with Gasteiger partial charge in [0.05, 0.1) is 11.1 Å². The molecule has 1 aromatic carbocycles. The second kappa shape index (κ2) is 5.71. The molecule has 2 fully saturated rings. The lowest BCUT2D eigenvalue weighted by molar-refractivity contribution is -0.143. The van der Waals surface area contributed by atoms with Crippen molar-refractivity contribution in [1.29, 1.82) is 0 Å². The standard InChI is InChI=1S/C17H18F6/c18-16(19,20)12-7-11(8-13(9-12)17(21,22)23)15-6-5-10-3-1-2-4-14(10)15/h7-10,14-15H,1-6H2/t10-,14?,15?/m1/s1. The van der Waals surface area contributed by atoms with Gasteiger partial charge in [0, 0.05) is 0 Å². The van der Waals surface area contributed by atoms with Crippen molar-refractivity contribution < 1.29 is 26.3 Å². The van der Waals surface area contributed by atoms with E-state index >= 15 is 0 Å². The number of alkyl halides is 6. The van der Waals surface area contributed by atoms with Crippen molar-refractivity contribution in [2.75, 3.05) is 0 Å². The summed E-state index contributed by atoms with van der Waals surface area (Å²) < 4.78 is 77.9. The van der Waals surface area contributed by atoms with Crippen molar-refractivity contribution in [3.63, 3.8) is 0 Å². The third kappa shape index (κ3) is 3.36. The van der Waals surface area contributed by atoms with Crippen LogP contribution < -0.4 is 0 Å². The number of hydrogen-bond acceptors (Lipinski definition) is 0. The predicted molar refractivity (Wildman–Crippen MR) is 73.9 cm³/mol. The van der Waals surface area contributed by atoms with Crippen LogP contribution in [0.4, 0.5) is 26.3 Å². The number of fused-ring (bicyclic) bond motifs is 1. The molecule has 2 aliphatic carbocycles. The first-order valence-corrected chi connectivity index (χ1v) is 7.95. The van der Waals surface area contributed by atoms with Crippen LogP contribution in [0, 0.1) is 11.8 Å². The van der Waals surface area contributed by atoms with Crippen molar-refractivity contribution in [2.45, 2.75) is 56.8 Å². The van der Waals surface area contributed by atoms with E-state index in [9.17, 15) is 26.3 Å². The minimum atomic E-state index is -4.76. The highest BCUT2D eigenvalue weighted by Gasteiger charge is 2.41. The molecule has 0 aliphatic heterocycles. The molecule has 0 radical (unpaired) electrons. The van der Waals surface area contributed by atoms with Gasteiger partial charge in [-0.1, -0.05) is 19.3 Å². The third-order valence-corrected chi connectivity index (χ3v) is 5.37. The van der Waals surface area contributed by atoms with Gasteiger partial charge in [-0.25, -0.2) is 0 Å². The van der Waals surface area contributed by atoms with Crippen molar-refractivity contribution in [3.05, 3.63) is 34.9 Å². The van der Waals surface area contributed by atoms with Crippen LogP contribution in [0.1, 0.15) is 61.1 Å².